The van der Waals surface area contributed by atoms with Crippen molar-refractivity contribution in [2.75, 3.05) is 19.8 Å². The normalized spacial score (nSPS) is 21.4. The van der Waals surface area contributed by atoms with Gasteiger partial charge >= 0.3 is 0 Å². The third kappa shape index (κ3) is 2.54. The Morgan fingerprint density at radius 3 is 2.80 bits per heavy atom. The van der Waals surface area contributed by atoms with Gasteiger partial charge < -0.3 is 14.5 Å². The molecule has 1 aliphatic carbocycles. The monoisotopic (exact) mass is 294 g/mol. The fourth-order valence-electron chi connectivity index (χ4n) is 3.26. The van der Waals surface area contributed by atoms with E-state index < -0.39 is 0 Å². The second kappa shape index (κ2) is 5.92. The van der Waals surface area contributed by atoms with Crippen LogP contribution in [0, 0.1) is 4.64 Å². The average Bonchev–Trinajstić information content (AvgIpc) is 2.48. The van der Waals surface area contributed by atoms with Gasteiger partial charge in [-0.1, -0.05) is 12.2 Å². The number of H-pyrrole nitrogens is 1. The highest BCUT2D eigenvalue weighted by Gasteiger charge is 2.38. The van der Waals surface area contributed by atoms with Crippen LogP contribution in [0.5, 0.6) is 0 Å². The Kier molecular flexibility index (Phi) is 4.19. The van der Waals surface area contributed by atoms with Gasteiger partial charge in [-0.3, -0.25) is 0 Å². The number of nitrogens with zero attached hydrogens (tertiary/aromatic N) is 1. The zero-order valence-corrected chi connectivity index (χ0v) is 12.9. The van der Waals surface area contributed by atoms with Gasteiger partial charge in [-0.25, -0.2) is 4.98 Å². The molecule has 110 valence electrons. The first-order valence-corrected chi connectivity index (χ1v) is 8.00. The van der Waals surface area contributed by atoms with Crippen LogP contribution in [-0.2, 0) is 27.9 Å². The van der Waals surface area contributed by atoms with E-state index >= 15 is 0 Å². The molecule has 0 unspecified atom stereocenters. The molecule has 20 heavy (non-hydrogen) atoms. The lowest BCUT2D eigenvalue weighted by Crippen LogP contribution is -2.39. The fraction of sp³-hybridized carbons (Fsp3) is 0.733. The van der Waals surface area contributed by atoms with E-state index in [-0.39, 0.29) is 5.60 Å². The molecule has 0 saturated carbocycles. The van der Waals surface area contributed by atoms with Crippen molar-refractivity contribution in [3.63, 3.8) is 0 Å². The molecule has 1 N–H and O–H groups in total. The first-order chi connectivity index (χ1) is 9.75. The second-order valence-corrected chi connectivity index (χ2v) is 5.98. The quantitative estimate of drug-likeness (QED) is 0.870. The molecule has 0 atom stereocenters. The first kappa shape index (κ1) is 14.2. The Balaban J connectivity index is 2.03. The van der Waals surface area contributed by atoms with Crippen LogP contribution < -0.4 is 0 Å². The summed E-state index contributed by atoms with van der Waals surface area (Å²) < 4.78 is 12.3. The summed E-state index contributed by atoms with van der Waals surface area (Å²) in [6.07, 6.45) is 6.27. The maximum atomic E-state index is 6.08. The van der Waals surface area contributed by atoms with Crippen molar-refractivity contribution in [1.29, 1.82) is 0 Å². The van der Waals surface area contributed by atoms with Crippen LogP contribution in [0.3, 0.4) is 0 Å². The van der Waals surface area contributed by atoms with Gasteiger partial charge in [0.15, 0.2) is 0 Å². The minimum Gasteiger partial charge on any atom is -0.381 e. The van der Waals surface area contributed by atoms with Crippen LogP contribution >= 0.6 is 12.2 Å². The Labute approximate surface area is 124 Å². The summed E-state index contributed by atoms with van der Waals surface area (Å²) >= 11 is 5.51. The number of aromatic nitrogens is 2. The maximum absolute atomic E-state index is 6.08. The van der Waals surface area contributed by atoms with E-state index in [1.165, 1.54) is 24.1 Å². The molecule has 2 heterocycles. The van der Waals surface area contributed by atoms with E-state index in [4.69, 9.17) is 21.7 Å². The number of fused-ring (bicyclic) bond motifs is 1. The summed E-state index contributed by atoms with van der Waals surface area (Å²) in [5, 5.41) is 0. The Morgan fingerprint density at radius 1 is 1.30 bits per heavy atom. The number of nitrogens with one attached hydrogen (secondary N) is 1. The van der Waals surface area contributed by atoms with E-state index in [0.29, 0.717) is 6.61 Å². The Morgan fingerprint density at radius 2 is 2.05 bits per heavy atom. The van der Waals surface area contributed by atoms with Crippen molar-refractivity contribution in [3.8, 4) is 0 Å². The van der Waals surface area contributed by atoms with Crippen LogP contribution in [0.4, 0.5) is 0 Å². The highest BCUT2D eigenvalue weighted by Crippen LogP contribution is 2.35. The van der Waals surface area contributed by atoms with Crippen molar-refractivity contribution in [2.24, 2.45) is 0 Å². The highest BCUT2D eigenvalue weighted by atomic mass is 32.1. The third-order valence-corrected chi connectivity index (χ3v) is 4.70. The third-order valence-electron chi connectivity index (χ3n) is 4.36. The van der Waals surface area contributed by atoms with Gasteiger partial charge in [-0.2, -0.15) is 0 Å². The molecule has 1 fully saturated rings. The van der Waals surface area contributed by atoms with Crippen molar-refractivity contribution < 1.29 is 9.47 Å². The standard InChI is InChI=1S/C15H22N2O2S/c1-2-19-15(7-9-18-10-8-15)14-16-12-6-4-3-5-11(12)13(20)17-14/h2-10H2,1H3,(H,16,17,20). The van der Waals surface area contributed by atoms with Crippen LogP contribution in [0.15, 0.2) is 0 Å². The number of hydrogen-bond donors (Lipinski definition) is 1. The molecule has 1 saturated heterocycles. The molecule has 0 radical (unpaired) electrons. The van der Waals surface area contributed by atoms with E-state index in [1.54, 1.807) is 0 Å². The summed E-state index contributed by atoms with van der Waals surface area (Å²) in [7, 11) is 0. The van der Waals surface area contributed by atoms with Gasteiger partial charge in [0.1, 0.15) is 16.1 Å². The molecule has 5 heteroatoms. The number of aromatic amines is 1. The van der Waals surface area contributed by atoms with Gasteiger partial charge in [-0.05, 0) is 32.6 Å². The largest absolute Gasteiger partial charge is 0.381 e. The average molecular weight is 294 g/mol. The van der Waals surface area contributed by atoms with E-state index in [9.17, 15) is 0 Å². The van der Waals surface area contributed by atoms with Crippen LogP contribution in [-0.4, -0.2) is 29.8 Å². The molecule has 4 nitrogen and oxygen atoms in total. The number of hydrogen-bond acceptors (Lipinski definition) is 4. The number of ether oxygens (including phenoxy) is 2. The van der Waals surface area contributed by atoms with Gasteiger partial charge in [-0.15, -0.1) is 0 Å². The molecule has 0 spiro atoms. The summed E-state index contributed by atoms with van der Waals surface area (Å²) in [5.74, 6) is 0.910. The van der Waals surface area contributed by atoms with Crippen LogP contribution in [0.1, 0.15) is 49.7 Å². The topological polar surface area (TPSA) is 47.1 Å². The fourth-order valence-corrected chi connectivity index (χ4v) is 3.58. The van der Waals surface area contributed by atoms with Gasteiger partial charge in [0.25, 0.3) is 0 Å². The molecular formula is C15H22N2O2S. The van der Waals surface area contributed by atoms with Crippen LogP contribution in [0.2, 0.25) is 0 Å². The van der Waals surface area contributed by atoms with Gasteiger partial charge in [0, 0.05) is 43.9 Å². The lowest BCUT2D eigenvalue weighted by atomic mass is 9.91. The van der Waals surface area contributed by atoms with Crippen molar-refractivity contribution in [1.82, 2.24) is 9.97 Å². The van der Waals surface area contributed by atoms with Gasteiger partial charge in [0.2, 0.25) is 0 Å². The molecule has 0 amide bonds. The first-order valence-electron chi connectivity index (χ1n) is 7.59. The van der Waals surface area contributed by atoms with Crippen molar-refractivity contribution in [2.45, 2.75) is 51.0 Å². The zero-order chi connectivity index (χ0) is 14.0. The Bertz CT molecular complexity index is 530. The van der Waals surface area contributed by atoms with Gasteiger partial charge in [0.05, 0.1) is 0 Å². The van der Waals surface area contributed by atoms with Crippen LogP contribution in [0.25, 0.3) is 0 Å². The Hall–Kier alpha value is -0.780. The summed E-state index contributed by atoms with van der Waals surface area (Å²) in [4.78, 5) is 8.22. The second-order valence-electron chi connectivity index (χ2n) is 5.59. The minimum absolute atomic E-state index is 0.340. The maximum Gasteiger partial charge on any atom is 0.140 e. The molecular weight excluding hydrogens is 272 g/mol. The SMILES string of the molecule is CCOC1(c2nc(=S)c3c([nH]2)CCCC3)CCOCC1. The number of rotatable bonds is 3. The lowest BCUT2D eigenvalue weighted by molar-refractivity contribution is -0.118. The molecule has 0 bridgehead atoms. The summed E-state index contributed by atoms with van der Waals surface area (Å²) in [6.45, 7) is 4.16. The predicted molar refractivity (Wildman–Crippen MR) is 79.4 cm³/mol. The number of aryl methyl sites for hydroxylation is 1. The molecule has 1 aromatic heterocycles. The molecule has 0 aromatic carbocycles. The van der Waals surface area contributed by atoms with Crippen molar-refractivity contribution in [3.05, 3.63) is 21.7 Å². The molecule has 1 aromatic rings. The summed E-state index contributed by atoms with van der Waals surface area (Å²) in [6, 6.07) is 0. The summed E-state index contributed by atoms with van der Waals surface area (Å²) in [5.41, 5.74) is 2.18. The van der Waals surface area contributed by atoms with Crippen molar-refractivity contribution >= 4 is 12.2 Å². The highest BCUT2D eigenvalue weighted by molar-refractivity contribution is 7.71. The van der Waals surface area contributed by atoms with E-state index in [2.05, 4.69) is 9.97 Å². The molecule has 2 aliphatic rings. The predicted octanol–water partition coefficient (Wildman–Crippen LogP) is 3.06. The zero-order valence-electron chi connectivity index (χ0n) is 12.0. The van der Waals surface area contributed by atoms with E-state index in [0.717, 1.165) is 49.4 Å². The van der Waals surface area contributed by atoms with E-state index in [1.807, 2.05) is 6.92 Å². The molecule has 3 rings (SSSR count). The molecule has 1 aliphatic heterocycles. The lowest BCUT2D eigenvalue weighted by Gasteiger charge is -2.36. The smallest absolute Gasteiger partial charge is 0.140 e. The minimum atomic E-state index is -0.340.